The summed E-state index contributed by atoms with van der Waals surface area (Å²) >= 11 is 0. The molecule has 2 saturated heterocycles. The molecule has 2 unspecified atom stereocenters. The molecule has 0 amide bonds. The van der Waals surface area contributed by atoms with Crippen LogP contribution in [-0.2, 0) is 6.54 Å². The van der Waals surface area contributed by atoms with Gasteiger partial charge in [-0.3, -0.25) is 0 Å². The third-order valence-corrected chi connectivity index (χ3v) is 4.81. The molecule has 1 aromatic carbocycles. The highest BCUT2D eigenvalue weighted by Crippen LogP contribution is 2.37. The Morgan fingerprint density at radius 3 is 2.50 bits per heavy atom. The Hall–Kier alpha value is -1.26. The van der Waals surface area contributed by atoms with Crippen molar-refractivity contribution in [3.05, 3.63) is 23.8 Å². The summed E-state index contributed by atoms with van der Waals surface area (Å²) in [5.41, 5.74) is 6.79. The van der Waals surface area contributed by atoms with Gasteiger partial charge in [0.15, 0.2) is 11.5 Å². The Morgan fingerprint density at radius 1 is 1.20 bits per heavy atom. The fourth-order valence-corrected chi connectivity index (χ4v) is 3.58. The number of hydrogen-bond donors (Lipinski definition) is 1. The van der Waals surface area contributed by atoms with Gasteiger partial charge in [-0.1, -0.05) is 6.07 Å². The zero-order valence-electron chi connectivity index (χ0n) is 12.3. The first-order chi connectivity index (χ1) is 9.71. The second kappa shape index (κ2) is 5.62. The second-order valence-electron chi connectivity index (χ2n) is 5.95. The lowest BCUT2D eigenvalue weighted by Crippen LogP contribution is -2.43. The summed E-state index contributed by atoms with van der Waals surface area (Å²) < 4.78 is 11.6. The number of benzene rings is 1. The van der Waals surface area contributed by atoms with Gasteiger partial charge in [0.2, 0.25) is 0 Å². The normalized spacial score (nSPS) is 29.4. The quantitative estimate of drug-likeness (QED) is 0.915. The topological polar surface area (TPSA) is 47.7 Å². The molecule has 2 aliphatic heterocycles. The molecular formula is C16H24N2O2. The van der Waals surface area contributed by atoms with Crippen molar-refractivity contribution in [1.29, 1.82) is 0 Å². The minimum absolute atomic E-state index is 0.297. The van der Waals surface area contributed by atoms with E-state index >= 15 is 0 Å². The number of nitrogens with zero attached hydrogens (tertiary/aromatic N) is 1. The largest absolute Gasteiger partial charge is 0.493 e. The highest BCUT2D eigenvalue weighted by Gasteiger charge is 2.39. The van der Waals surface area contributed by atoms with E-state index in [1.807, 2.05) is 18.2 Å². The predicted octanol–water partition coefficient (Wildman–Crippen LogP) is 2.16. The molecule has 2 bridgehead atoms. The fraction of sp³-hybridized carbons (Fsp3) is 0.625. The number of nitrogens with two attached hydrogens (primary N) is 1. The van der Waals surface area contributed by atoms with Crippen LogP contribution in [0.25, 0.3) is 0 Å². The lowest BCUT2D eigenvalue weighted by Gasteiger charge is -2.36. The van der Waals surface area contributed by atoms with E-state index in [4.69, 9.17) is 15.2 Å². The molecule has 2 aliphatic rings. The van der Waals surface area contributed by atoms with Crippen LogP contribution in [0.4, 0.5) is 0 Å². The van der Waals surface area contributed by atoms with Crippen molar-refractivity contribution >= 4 is 0 Å². The molecule has 0 spiro atoms. The SMILES string of the molecule is COc1ccc(CN)cc1OC1CC2CCC(C1)N2C. The van der Waals surface area contributed by atoms with Crippen LogP contribution in [0.2, 0.25) is 0 Å². The molecule has 0 saturated carbocycles. The second-order valence-corrected chi connectivity index (χ2v) is 5.95. The molecule has 3 rings (SSSR count). The van der Waals surface area contributed by atoms with Gasteiger partial charge < -0.3 is 20.1 Å². The summed E-state index contributed by atoms with van der Waals surface area (Å²) in [5.74, 6) is 1.64. The smallest absolute Gasteiger partial charge is 0.161 e. The van der Waals surface area contributed by atoms with Gasteiger partial charge in [-0.25, -0.2) is 0 Å². The summed E-state index contributed by atoms with van der Waals surface area (Å²) in [5, 5.41) is 0. The van der Waals surface area contributed by atoms with Crippen molar-refractivity contribution in [3.8, 4) is 11.5 Å². The van der Waals surface area contributed by atoms with Crippen LogP contribution in [-0.4, -0.2) is 37.2 Å². The van der Waals surface area contributed by atoms with E-state index < -0.39 is 0 Å². The molecule has 0 aromatic heterocycles. The van der Waals surface area contributed by atoms with Gasteiger partial charge in [0.05, 0.1) is 7.11 Å². The Morgan fingerprint density at radius 2 is 1.90 bits per heavy atom. The standard InChI is InChI=1S/C16H24N2O2/c1-18-12-4-5-13(18)9-14(8-12)20-16-7-11(10-17)3-6-15(16)19-2/h3,6-7,12-14H,4-5,8-10,17H2,1-2H3. The molecule has 2 heterocycles. The molecule has 1 aromatic rings. The minimum Gasteiger partial charge on any atom is -0.493 e. The summed E-state index contributed by atoms with van der Waals surface area (Å²) in [6.07, 6.45) is 5.14. The van der Waals surface area contributed by atoms with Crippen LogP contribution in [0.3, 0.4) is 0 Å². The summed E-state index contributed by atoms with van der Waals surface area (Å²) in [6, 6.07) is 7.31. The van der Waals surface area contributed by atoms with Crippen LogP contribution >= 0.6 is 0 Å². The Kier molecular flexibility index (Phi) is 3.85. The van der Waals surface area contributed by atoms with E-state index in [2.05, 4.69) is 11.9 Å². The molecule has 20 heavy (non-hydrogen) atoms. The highest BCUT2D eigenvalue weighted by atomic mass is 16.5. The van der Waals surface area contributed by atoms with Gasteiger partial charge in [-0.2, -0.15) is 0 Å². The molecule has 110 valence electrons. The average Bonchev–Trinajstić information content (AvgIpc) is 2.69. The van der Waals surface area contributed by atoms with Crippen LogP contribution in [0, 0.1) is 0 Å². The number of ether oxygens (including phenoxy) is 2. The van der Waals surface area contributed by atoms with Gasteiger partial charge >= 0.3 is 0 Å². The van der Waals surface area contributed by atoms with Crippen molar-refractivity contribution in [3.63, 3.8) is 0 Å². The zero-order valence-corrected chi connectivity index (χ0v) is 12.3. The lowest BCUT2D eigenvalue weighted by atomic mass is 10.0. The maximum Gasteiger partial charge on any atom is 0.161 e. The van der Waals surface area contributed by atoms with Crippen LogP contribution < -0.4 is 15.2 Å². The number of piperidine rings is 1. The monoisotopic (exact) mass is 276 g/mol. The number of rotatable bonds is 4. The summed E-state index contributed by atoms with van der Waals surface area (Å²) in [7, 11) is 3.93. The zero-order chi connectivity index (χ0) is 14.1. The first-order valence-electron chi connectivity index (χ1n) is 7.47. The van der Waals surface area contributed by atoms with E-state index in [9.17, 15) is 0 Å². The summed E-state index contributed by atoms with van der Waals surface area (Å²) in [6.45, 7) is 0.527. The first kappa shape index (κ1) is 13.7. The van der Waals surface area contributed by atoms with E-state index in [-0.39, 0.29) is 0 Å². The molecule has 4 nitrogen and oxygen atoms in total. The van der Waals surface area contributed by atoms with Crippen LogP contribution in [0.15, 0.2) is 18.2 Å². The molecule has 4 heteroatoms. The maximum atomic E-state index is 6.24. The number of methoxy groups -OCH3 is 1. The van der Waals surface area contributed by atoms with Gasteiger partial charge in [0, 0.05) is 18.6 Å². The molecular weight excluding hydrogens is 252 g/mol. The fourth-order valence-electron chi connectivity index (χ4n) is 3.58. The first-order valence-corrected chi connectivity index (χ1v) is 7.47. The van der Waals surface area contributed by atoms with Gasteiger partial charge in [0.1, 0.15) is 6.10 Å². The highest BCUT2D eigenvalue weighted by molar-refractivity contribution is 5.43. The molecule has 2 N–H and O–H groups in total. The number of fused-ring (bicyclic) bond motifs is 2. The summed E-state index contributed by atoms with van der Waals surface area (Å²) in [4.78, 5) is 2.52. The van der Waals surface area contributed by atoms with Crippen molar-refractivity contribution < 1.29 is 9.47 Å². The van der Waals surface area contributed by atoms with Gasteiger partial charge in [-0.05, 0) is 50.4 Å². The third kappa shape index (κ3) is 2.50. The molecule has 2 fully saturated rings. The molecule has 0 radical (unpaired) electrons. The van der Waals surface area contributed by atoms with Gasteiger partial charge in [-0.15, -0.1) is 0 Å². The van der Waals surface area contributed by atoms with Crippen molar-refractivity contribution in [2.75, 3.05) is 14.2 Å². The average molecular weight is 276 g/mol. The van der Waals surface area contributed by atoms with Gasteiger partial charge in [0.25, 0.3) is 0 Å². The molecule has 2 atom stereocenters. The van der Waals surface area contributed by atoms with E-state index in [1.54, 1.807) is 7.11 Å². The van der Waals surface area contributed by atoms with E-state index in [0.717, 1.165) is 29.9 Å². The Bertz CT molecular complexity index is 464. The van der Waals surface area contributed by atoms with Crippen molar-refractivity contribution in [2.45, 2.75) is 50.4 Å². The Labute approximate surface area is 120 Å². The molecule has 0 aliphatic carbocycles. The van der Waals surface area contributed by atoms with Crippen molar-refractivity contribution in [1.82, 2.24) is 4.90 Å². The Balaban J connectivity index is 1.74. The minimum atomic E-state index is 0.297. The van der Waals surface area contributed by atoms with E-state index in [0.29, 0.717) is 24.7 Å². The van der Waals surface area contributed by atoms with Crippen LogP contribution in [0.5, 0.6) is 11.5 Å². The third-order valence-electron chi connectivity index (χ3n) is 4.81. The number of hydrogen-bond acceptors (Lipinski definition) is 4. The van der Waals surface area contributed by atoms with E-state index in [1.165, 1.54) is 12.8 Å². The maximum absolute atomic E-state index is 6.24. The van der Waals surface area contributed by atoms with Crippen LogP contribution in [0.1, 0.15) is 31.2 Å². The van der Waals surface area contributed by atoms with Crippen molar-refractivity contribution in [2.24, 2.45) is 5.73 Å². The predicted molar refractivity (Wildman–Crippen MR) is 79.1 cm³/mol. The lowest BCUT2D eigenvalue weighted by molar-refractivity contribution is 0.0643.